The van der Waals surface area contributed by atoms with Crippen LogP contribution in [0, 0.1) is 19.8 Å². The minimum Gasteiger partial charge on any atom is -0.497 e. The van der Waals surface area contributed by atoms with Gasteiger partial charge in [-0.2, -0.15) is 10.1 Å². The molecule has 28 heavy (non-hydrogen) atoms. The van der Waals surface area contributed by atoms with Gasteiger partial charge in [0, 0.05) is 17.8 Å². The van der Waals surface area contributed by atoms with Crippen LogP contribution in [0.25, 0.3) is 5.78 Å². The van der Waals surface area contributed by atoms with Crippen molar-refractivity contribution in [3.05, 3.63) is 53.1 Å². The van der Waals surface area contributed by atoms with Crippen molar-refractivity contribution in [1.82, 2.24) is 24.9 Å². The summed E-state index contributed by atoms with van der Waals surface area (Å²) in [4.78, 5) is 21.3. The Labute approximate surface area is 165 Å². The van der Waals surface area contributed by atoms with Gasteiger partial charge < -0.3 is 10.1 Å². The maximum Gasteiger partial charge on any atom is 0.252 e. The van der Waals surface area contributed by atoms with Crippen molar-refractivity contribution in [2.75, 3.05) is 7.11 Å². The van der Waals surface area contributed by atoms with Crippen LogP contribution >= 0.6 is 0 Å². The fourth-order valence-electron chi connectivity index (χ4n) is 3.45. The van der Waals surface area contributed by atoms with Crippen LogP contribution in [0.1, 0.15) is 48.8 Å². The zero-order valence-electron chi connectivity index (χ0n) is 17.1. The summed E-state index contributed by atoms with van der Waals surface area (Å²) in [5.74, 6) is 1.68. The van der Waals surface area contributed by atoms with Gasteiger partial charge in [0.15, 0.2) is 0 Å². The smallest absolute Gasteiger partial charge is 0.252 e. The van der Waals surface area contributed by atoms with Gasteiger partial charge in [-0.3, -0.25) is 4.79 Å². The highest BCUT2D eigenvalue weighted by Gasteiger charge is 2.19. The van der Waals surface area contributed by atoms with Crippen molar-refractivity contribution in [3.8, 4) is 5.75 Å². The molecule has 0 aliphatic carbocycles. The monoisotopic (exact) mass is 381 g/mol. The molecule has 1 aromatic carbocycles. The Bertz CT molecular complexity index is 963. The Morgan fingerprint density at radius 2 is 1.93 bits per heavy atom. The molecule has 1 N–H and O–H groups in total. The summed E-state index contributed by atoms with van der Waals surface area (Å²) in [5, 5.41) is 7.38. The average molecular weight is 381 g/mol. The number of amides is 1. The number of aromatic nitrogens is 4. The zero-order valence-corrected chi connectivity index (χ0v) is 17.1. The van der Waals surface area contributed by atoms with Gasteiger partial charge >= 0.3 is 0 Å². The Balaban J connectivity index is 1.70. The lowest BCUT2D eigenvalue weighted by Gasteiger charge is -2.23. The lowest BCUT2D eigenvalue weighted by Crippen LogP contribution is -2.32. The molecule has 0 spiro atoms. The SMILES string of the molecule is COc1ccc(C(NC(=O)CCc2c(C)nc3ncnn3c2C)C(C)C)cc1. The number of carbonyl (C=O) groups is 1. The van der Waals surface area contributed by atoms with E-state index in [1.807, 2.05) is 38.1 Å². The van der Waals surface area contributed by atoms with Crippen LogP contribution in [0.2, 0.25) is 0 Å². The number of benzene rings is 1. The number of ether oxygens (including phenoxy) is 1. The molecular formula is C21H27N5O2. The second kappa shape index (κ2) is 8.37. The quantitative estimate of drug-likeness (QED) is 0.680. The largest absolute Gasteiger partial charge is 0.497 e. The average Bonchev–Trinajstić information content (AvgIpc) is 3.14. The maximum absolute atomic E-state index is 12.7. The highest BCUT2D eigenvalue weighted by atomic mass is 16.5. The number of rotatable bonds is 7. The first-order chi connectivity index (χ1) is 13.4. The molecular weight excluding hydrogens is 354 g/mol. The van der Waals surface area contributed by atoms with Gasteiger partial charge in [0.1, 0.15) is 12.1 Å². The summed E-state index contributed by atoms with van der Waals surface area (Å²) in [5.41, 5.74) is 3.98. The van der Waals surface area contributed by atoms with Gasteiger partial charge in [0.25, 0.3) is 5.78 Å². The van der Waals surface area contributed by atoms with Crippen LogP contribution in [0.3, 0.4) is 0 Å². The number of hydrogen-bond donors (Lipinski definition) is 1. The zero-order chi connectivity index (χ0) is 20.3. The van der Waals surface area contributed by atoms with Crippen molar-refractivity contribution < 1.29 is 9.53 Å². The van der Waals surface area contributed by atoms with Gasteiger partial charge in [-0.05, 0) is 49.4 Å². The minimum absolute atomic E-state index is 0.0204. The van der Waals surface area contributed by atoms with E-state index in [4.69, 9.17) is 4.74 Å². The van der Waals surface area contributed by atoms with Crippen molar-refractivity contribution >= 4 is 11.7 Å². The molecule has 148 valence electrons. The van der Waals surface area contributed by atoms with E-state index in [0.29, 0.717) is 18.6 Å². The molecule has 0 aliphatic rings. The van der Waals surface area contributed by atoms with Crippen LogP contribution in [-0.4, -0.2) is 32.6 Å². The number of methoxy groups -OCH3 is 1. The Morgan fingerprint density at radius 1 is 1.21 bits per heavy atom. The first-order valence-electron chi connectivity index (χ1n) is 9.49. The van der Waals surface area contributed by atoms with Gasteiger partial charge in [-0.25, -0.2) is 9.50 Å². The molecule has 0 aliphatic heterocycles. The van der Waals surface area contributed by atoms with E-state index in [9.17, 15) is 4.79 Å². The number of nitrogens with one attached hydrogen (secondary N) is 1. The molecule has 7 heteroatoms. The van der Waals surface area contributed by atoms with Crippen LogP contribution in [0.15, 0.2) is 30.6 Å². The summed E-state index contributed by atoms with van der Waals surface area (Å²) in [7, 11) is 1.65. The number of fused-ring (bicyclic) bond motifs is 1. The fourth-order valence-corrected chi connectivity index (χ4v) is 3.45. The highest BCUT2D eigenvalue weighted by molar-refractivity contribution is 5.76. The van der Waals surface area contributed by atoms with Gasteiger partial charge in [0.2, 0.25) is 5.91 Å². The molecule has 1 amide bonds. The standard InChI is InChI=1S/C21H27N5O2/c1-13(2)20(16-6-8-17(28-5)9-7-16)25-19(27)11-10-18-14(3)24-21-22-12-23-26(21)15(18)4/h6-9,12-13,20H,10-11H2,1-5H3,(H,25,27). The molecule has 3 aromatic rings. The Hall–Kier alpha value is -2.96. The fraction of sp³-hybridized carbons (Fsp3) is 0.429. The Morgan fingerprint density at radius 3 is 2.57 bits per heavy atom. The molecule has 7 nitrogen and oxygen atoms in total. The summed E-state index contributed by atoms with van der Waals surface area (Å²) in [6, 6.07) is 7.79. The summed E-state index contributed by atoms with van der Waals surface area (Å²) in [6.07, 6.45) is 2.50. The lowest BCUT2D eigenvalue weighted by molar-refractivity contribution is -0.122. The van der Waals surface area contributed by atoms with Crippen LogP contribution in [0.5, 0.6) is 5.75 Å². The van der Waals surface area contributed by atoms with E-state index in [0.717, 1.165) is 28.3 Å². The van der Waals surface area contributed by atoms with Crippen LogP contribution < -0.4 is 10.1 Å². The van der Waals surface area contributed by atoms with E-state index in [1.54, 1.807) is 11.6 Å². The molecule has 2 aromatic heterocycles. The van der Waals surface area contributed by atoms with E-state index < -0.39 is 0 Å². The first kappa shape index (κ1) is 19.8. The molecule has 2 heterocycles. The van der Waals surface area contributed by atoms with Crippen molar-refractivity contribution in [1.29, 1.82) is 0 Å². The van der Waals surface area contributed by atoms with Gasteiger partial charge in [-0.15, -0.1) is 0 Å². The lowest BCUT2D eigenvalue weighted by atomic mass is 9.95. The summed E-state index contributed by atoms with van der Waals surface area (Å²) >= 11 is 0. The van der Waals surface area contributed by atoms with Crippen molar-refractivity contribution in [3.63, 3.8) is 0 Å². The Kier molecular flexibility index (Phi) is 5.92. The second-order valence-electron chi connectivity index (χ2n) is 7.30. The van der Waals surface area contributed by atoms with Gasteiger partial charge in [-0.1, -0.05) is 26.0 Å². The minimum atomic E-state index is -0.0449. The van der Waals surface area contributed by atoms with E-state index in [1.165, 1.54) is 6.33 Å². The molecule has 0 saturated heterocycles. The summed E-state index contributed by atoms with van der Waals surface area (Å²) in [6.45, 7) is 8.14. The third-order valence-corrected chi connectivity index (χ3v) is 5.05. The second-order valence-corrected chi connectivity index (χ2v) is 7.30. The topological polar surface area (TPSA) is 81.4 Å². The van der Waals surface area contributed by atoms with Crippen LogP contribution in [-0.2, 0) is 11.2 Å². The molecule has 3 rings (SSSR count). The van der Waals surface area contributed by atoms with E-state index >= 15 is 0 Å². The molecule has 1 unspecified atom stereocenters. The van der Waals surface area contributed by atoms with E-state index in [-0.39, 0.29) is 17.9 Å². The number of hydrogen-bond acceptors (Lipinski definition) is 5. The third-order valence-electron chi connectivity index (χ3n) is 5.05. The first-order valence-corrected chi connectivity index (χ1v) is 9.49. The third kappa shape index (κ3) is 4.13. The number of nitrogens with zero attached hydrogens (tertiary/aromatic N) is 4. The van der Waals surface area contributed by atoms with Crippen molar-refractivity contribution in [2.45, 2.75) is 46.6 Å². The summed E-state index contributed by atoms with van der Waals surface area (Å²) < 4.78 is 6.94. The predicted molar refractivity (Wildman–Crippen MR) is 107 cm³/mol. The van der Waals surface area contributed by atoms with E-state index in [2.05, 4.69) is 34.2 Å². The molecule has 0 radical (unpaired) electrons. The van der Waals surface area contributed by atoms with Gasteiger partial charge in [0.05, 0.1) is 13.2 Å². The highest BCUT2D eigenvalue weighted by Crippen LogP contribution is 2.24. The molecule has 0 bridgehead atoms. The molecule has 1 atom stereocenters. The van der Waals surface area contributed by atoms with Crippen LogP contribution in [0.4, 0.5) is 0 Å². The maximum atomic E-state index is 12.7. The normalized spacial score (nSPS) is 12.4. The number of carbonyl (C=O) groups excluding carboxylic acids is 1. The molecule has 0 fully saturated rings. The number of aryl methyl sites for hydroxylation is 2. The molecule has 0 saturated carbocycles. The van der Waals surface area contributed by atoms with Crippen molar-refractivity contribution in [2.24, 2.45) is 5.92 Å². The predicted octanol–water partition coefficient (Wildman–Crippen LogP) is 3.20.